The lowest BCUT2D eigenvalue weighted by atomic mass is 9.97. The quantitative estimate of drug-likeness (QED) is 0.829. The van der Waals surface area contributed by atoms with Crippen molar-refractivity contribution >= 4 is 0 Å². The molecule has 0 atom stereocenters. The number of likely N-dealkylation sites (tertiary alicyclic amines) is 1. The Kier molecular flexibility index (Phi) is 3.96. The predicted molar refractivity (Wildman–Crippen MR) is 65.0 cm³/mol. The molecule has 0 aromatic carbocycles. The average molecular weight is 222 g/mol. The van der Waals surface area contributed by atoms with Gasteiger partial charge in [-0.05, 0) is 38.4 Å². The second-order valence-corrected chi connectivity index (χ2v) is 4.62. The van der Waals surface area contributed by atoms with Crippen LogP contribution in [0.5, 0.6) is 0 Å². The van der Waals surface area contributed by atoms with Crippen molar-refractivity contribution in [3.8, 4) is 0 Å². The molecular formula is C12H22N4. The average Bonchev–Trinajstić information content (AvgIpc) is 2.77. The highest BCUT2D eigenvalue weighted by Crippen LogP contribution is 2.19. The number of nitrogens with zero attached hydrogens (tertiary/aromatic N) is 3. The first-order chi connectivity index (χ1) is 7.83. The normalized spacial score (nSPS) is 19.1. The lowest BCUT2D eigenvalue weighted by Crippen LogP contribution is -2.34. The zero-order chi connectivity index (χ0) is 11.4. The zero-order valence-electron chi connectivity index (χ0n) is 10.1. The number of aromatic nitrogens is 2. The van der Waals surface area contributed by atoms with E-state index in [2.05, 4.69) is 21.4 Å². The number of nitrogens with two attached hydrogens (primary N) is 1. The van der Waals surface area contributed by atoms with Gasteiger partial charge in [-0.1, -0.05) is 6.92 Å². The molecule has 0 unspecified atom stereocenters. The molecule has 4 nitrogen and oxygen atoms in total. The van der Waals surface area contributed by atoms with Crippen molar-refractivity contribution in [2.45, 2.75) is 32.9 Å². The van der Waals surface area contributed by atoms with Crippen LogP contribution in [-0.4, -0.2) is 34.1 Å². The van der Waals surface area contributed by atoms with Crippen LogP contribution in [-0.2, 0) is 13.1 Å². The lowest BCUT2D eigenvalue weighted by molar-refractivity contribution is 0.180. The molecule has 2 rings (SSSR count). The molecule has 16 heavy (non-hydrogen) atoms. The first-order valence-electron chi connectivity index (χ1n) is 6.25. The number of hydrogen-bond acceptors (Lipinski definition) is 3. The van der Waals surface area contributed by atoms with Crippen molar-refractivity contribution < 1.29 is 0 Å². The summed E-state index contributed by atoms with van der Waals surface area (Å²) in [6, 6.07) is 0. The van der Waals surface area contributed by atoms with Crippen LogP contribution in [0.1, 0.15) is 25.5 Å². The lowest BCUT2D eigenvalue weighted by Gasteiger charge is -2.31. The maximum atomic E-state index is 5.67. The largest absolute Gasteiger partial charge is 0.333 e. The van der Waals surface area contributed by atoms with E-state index in [0.29, 0.717) is 6.54 Å². The first-order valence-corrected chi connectivity index (χ1v) is 6.25. The Morgan fingerprint density at radius 1 is 1.44 bits per heavy atom. The van der Waals surface area contributed by atoms with Gasteiger partial charge in [0.2, 0.25) is 0 Å². The van der Waals surface area contributed by atoms with E-state index in [1.165, 1.54) is 32.5 Å². The fraction of sp³-hybridized carbons (Fsp3) is 0.750. The summed E-state index contributed by atoms with van der Waals surface area (Å²) in [5.41, 5.74) is 6.83. The topological polar surface area (TPSA) is 47.1 Å². The van der Waals surface area contributed by atoms with Crippen molar-refractivity contribution in [1.29, 1.82) is 0 Å². The maximum absolute atomic E-state index is 5.67. The molecule has 0 radical (unpaired) electrons. The maximum Gasteiger partial charge on any atom is 0.0948 e. The molecular weight excluding hydrogens is 200 g/mol. The Bertz CT molecular complexity index is 313. The van der Waals surface area contributed by atoms with Gasteiger partial charge in [0.05, 0.1) is 12.0 Å². The summed E-state index contributed by atoms with van der Waals surface area (Å²) < 4.78 is 2.21. The highest BCUT2D eigenvalue weighted by atomic mass is 15.1. The molecule has 0 saturated carbocycles. The molecule has 1 aromatic heterocycles. The highest BCUT2D eigenvalue weighted by Gasteiger charge is 2.18. The van der Waals surface area contributed by atoms with Crippen molar-refractivity contribution in [2.24, 2.45) is 11.7 Å². The number of piperidine rings is 1. The van der Waals surface area contributed by atoms with E-state index in [0.717, 1.165) is 18.2 Å². The molecule has 1 aliphatic rings. The van der Waals surface area contributed by atoms with E-state index < -0.39 is 0 Å². The Labute approximate surface area is 97.4 Å². The van der Waals surface area contributed by atoms with Crippen LogP contribution in [0.15, 0.2) is 12.5 Å². The van der Waals surface area contributed by atoms with Crippen LogP contribution in [0.3, 0.4) is 0 Å². The third-order valence-electron chi connectivity index (χ3n) is 3.62. The zero-order valence-corrected chi connectivity index (χ0v) is 10.1. The van der Waals surface area contributed by atoms with Gasteiger partial charge in [-0.3, -0.25) is 0 Å². The van der Waals surface area contributed by atoms with E-state index in [9.17, 15) is 0 Å². The van der Waals surface area contributed by atoms with E-state index in [4.69, 9.17) is 5.73 Å². The second kappa shape index (κ2) is 5.46. The molecule has 1 fully saturated rings. The van der Waals surface area contributed by atoms with Gasteiger partial charge in [0.15, 0.2) is 0 Å². The molecule has 0 amide bonds. The Morgan fingerprint density at radius 2 is 2.19 bits per heavy atom. The summed E-state index contributed by atoms with van der Waals surface area (Å²) in [6.07, 6.45) is 6.39. The molecule has 0 bridgehead atoms. The fourth-order valence-electron chi connectivity index (χ4n) is 2.45. The van der Waals surface area contributed by atoms with Gasteiger partial charge in [0, 0.05) is 19.3 Å². The van der Waals surface area contributed by atoms with Gasteiger partial charge < -0.3 is 15.2 Å². The van der Waals surface area contributed by atoms with E-state index >= 15 is 0 Å². The van der Waals surface area contributed by atoms with Gasteiger partial charge in [0.1, 0.15) is 0 Å². The minimum absolute atomic E-state index is 0.591. The number of hydrogen-bond donors (Lipinski definition) is 1. The summed E-state index contributed by atoms with van der Waals surface area (Å²) >= 11 is 0. The molecule has 90 valence electrons. The van der Waals surface area contributed by atoms with E-state index in [-0.39, 0.29) is 0 Å². The molecule has 2 heterocycles. The van der Waals surface area contributed by atoms with Crippen molar-refractivity contribution in [2.75, 3.05) is 19.6 Å². The van der Waals surface area contributed by atoms with Crippen molar-refractivity contribution in [3.63, 3.8) is 0 Å². The Morgan fingerprint density at radius 3 is 2.81 bits per heavy atom. The third kappa shape index (κ3) is 2.62. The van der Waals surface area contributed by atoms with E-state index in [1.807, 2.05) is 12.5 Å². The van der Waals surface area contributed by atoms with Crippen LogP contribution in [0.25, 0.3) is 0 Å². The van der Waals surface area contributed by atoms with Gasteiger partial charge in [0.25, 0.3) is 0 Å². The number of rotatable bonds is 4. The van der Waals surface area contributed by atoms with Gasteiger partial charge >= 0.3 is 0 Å². The standard InChI is InChI=1S/C12H22N4/c1-2-15-5-3-11(4-6-15)9-16-10-14-8-12(16)7-13/h8,10-11H,2-7,9,13H2,1H3. The summed E-state index contributed by atoms with van der Waals surface area (Å²) in [5.74, 6) is 0.794. The third-order valence-corrected chi connectivity index (χ3v) is 3.62. The minimum atomic E-state index is 0.591. The Hall–Kier alpha value is -0.870. The fourth-order valence-corrected chi connectivity index (χ4v) is 2.45. The van der Waals surface area contributed by atoms with Crippen LogP contribution in [0.2, 0.25) is 0 Å². The summed E-state index contributed by atoms with van der Waals surface area (Å²) in [7, 11) is 0. The molecule has 2 N–H and O–H groups in total. The Balaban J connectivity index is 1.87. The van der Waals surface area contributed by atoms with Gasteiger partial charge in [-0.2, -0.15) is 0 Å². The summed E-state index contributed by atoms with van der Waals surface area (Å²) in [4.78, 5) is 6.68. The first kappa shape index (κ1) is 11.6. The van der Waals surface area contributed by atoms with Gasteiger partial charge in [-0.25, -0.2) is 4.98 Å². The highest BCUT2D eigenvalue weighted by molar-refractivity contribution is 4.97. The van der Waals surface area contributed by atoms with Crippen LogP contribution >= 0.6 is 0 Å². The molecule has 4 heteroatoms. The summed E-state index contributed by atoms with van der Waals surface area (Å²) in [6.45, 7) is 7.59. The molecule has 1 aliphatic heterocycles. The predicted octanol–water partition coefficient (Wildman–Crippen LogP) is 1.07. The molecule has 1 aromatic rings. The molecule has 1 saturated heterocycles. The van der Waals surface area contributed by atoms with Crippen LogP contribution in [0, 0.1) is 5.92 Å². The van der Waals surface area contributed by atoms with Crippen LogP contribution < -0.4 is 5.73 Å². The van der Waals surface area contributed by atoms with Gasteiger partial charge in [-0.15, -0.1) is 0 Å². The monoisotopic (exact) mass is 222 g/mol. The molecule has 0 spiro atoms. The smallest absolute Gasteiger partial charge is 0.0948 e. The number of imidazole rings is 1. The van der Waals surface area contributed by atoms with Crippen molar-refractivity contribution in [1.82, 2.24) is 14.5 Å². The van der Waals surface area contributed by atoms with E-state index in [1.54, 1.807) is 0 Å². The molecule has 0 aliphatic carbocycles. The summed E-state index contributed by atoms with van der Waals surface area (Å²) in [5, 5.41) is 0. The SMILES string of the molecule is CCN1CCC(Cn2cncc2CN)CC1. The minimum Gasteiger partial charge on any atom is -0.333 e. The van der Waals surface area contributed by atoms with Crippen molar-refractivity contribution in [3.05, 3.63) is 18.2 Å². The second-order valence-electron chi connectivity index (χ2n) is 4.62. The van der Waals surface area contributed by atoms with Crippen LogP contribution in [0.4, 0.5) is 0 Å².